The second-order valence-corrected chi connectivity index (χ2v) is 6.93. The molecule has 0 aliphatic carbocycles. The number of aromatic nitrogens is 1. The van der Waals surface area contributed by atoms with Crippen LogP contribution in [0, 0.1) is 0 Å². The molecule has 1 aliphatic heterocycles. The van der Waals surface area contributed by atoms with E-state index >= 15 is 0 Å². The Kier molecular flexibility index (Phi) is 4.77. The van der Waals surface area contributed by atoms with Crippen LogP contribution in [-0.2, 0) is 6.18 Å². The predicted octanol–water partition coefficient (Wildman–Crippen LogP) is 4.28. The van der Waals surface area contributed by atoms with Gasteiger partial charge in [-0.15, -0.1) is 0 Å². The van der Waals surface area contributed by atoms with E-state index in [0.717, 1.165) is 37.3 Å². The van der Waals surface area contributed by atoms with E-state index in [0.29, 0.717) is 16.3 Å². The molecule has 0 amide bonds. The van der Waals surface area contributed by atoms with Crippen molar-refractivity contribution in [2.24, 2.45) is 0 Å². The van der Waals surface area contributed by atoms with Crippen molar-refractivity contribution < 1.29 is 13.2 Å². The summed E-state index contributed by atoms with van der Waals surface area (Å²) in [7, 11) is 0. The normalized spacial score (nSPS) is 19.5. The van der Waals surface area contributed by atoms with E-state index in [9.17, 15) is 13.2 Å². The summed E-state index contributed by atoms with van der Waals surface area (Å²) in [5.41, 5.74) is 0.0305. The maximum Gasteiger partial charge on any atom is 0.416 e. The van der Waals surface area contributed by atoms with Gasteiger partial charge in [0.1, 0.15) is 0 Å². The summed E-state index contributed by atoms with van der Waals surface area (Å²) in [5.74, 6) is 0. The number of piperazine rings is 1. The third-order valence-corrected chi connectivity index (χ3v) is 5.22. The van der Waals surface area contributed by atoms with Crippen LogP contribution in [0.25, 0.3) is 10.2 Å². The van der Waals surface area contributed by atoms with E-state index in [4.69, 9.17) is 0 Å². The Hall–Kier alpha value is -1.34. The van der Waals surface area contributed by atoms with Crippen molar-refractivity contribution in [1.82, 2.24) is 10.3 Å². The number of fused-ring (bicyclic) bond motifs is 1. The van der Waals surface area contributed by atoms with Crippen LogP contribution in [0.5, 0.6) is 0 Å². The van der Waals surface area contributed by atoms with Crippen molar-refractivity contribution in [3.8, 4) is 0 Å². The van der Waals surface area contributed by atoms with Gasteiger partial charge in [0, 0.05) is 25.7 Å². The number of unbranched alkanes of at least 4 members (excludes halogenated alkanes) is 1. The van der Waals surface area contributed by atoms with Gasteiger partial charge in [-0.3, -0.25) is 0 Å². The highest BCUT2D eigenvalue weighted by Crippen LogP contribution is 2.35. The van der Waals surface area contributed by atoms with Crippen LogP contribution in [0.4, 0.5) is 18.3 Å². The van der Waals surface area contributed by atoms with Gasteiger partial charge >= 0.3 is 6.18 Å². The van der Waals surface area contributed by atoms with Crippen LogP contribution < -0.4 is 10.2 Å². The smallest absolute Gasteiger partial charge is 0.345 e. The van der Waals surface area contributed by atoms with Crippen LogP contribution >= 0.6 is 11.3 Å². The highest BCUT2D eigenvalue weighted by molar-refractivity contribution is 7.22. The number of rotatable bonds is 4. The van der Waals surface area contributed by atoms with Crippen molar-refractivity contribution >= 4 is 26.7 Å². The Morgan fingerprint density at radius 3 is 2.96 bits per heavy atom. The highest BCUT2D eigenvalue weighted by Gasteiger charge is 2.31. The minimum absolute atomic E-state index is 0.432. The number of nitrogens with one attached hydrogen (secondary N) is 1. The summed E-state index contributed by atoms with van der Waals surface area (Å²) >= 11 is 1.35. The van der Waals surface area contributed by atoms with E-state index < -0.39 is 11.7 Å². The lowest BCUT2D eigenvalue weighted by atomic mass is 10.1. The molecule has 0 radical (unpaired) electrons. The lowest BCUT2D eigenvalue weighted by molar-refractivity contribution is -0.137. The molecular weight excluding hydrogens is 323 g/mol. The second-order valence-electron chi connectivity index (χ2n) is 5.92. The zero-order chi connectivity index (χ0) is 16.4. The molecule has 0 bridgehead atoms. The molecule has 3 rings (SSSR count). The maximum absolute atomic E-state index is 12.8. The van der Waals surface area contributed by atoms with E-state index in [-0.39, 0.29) is 0 Å². The van der Waals surface area contributed by atoms with Crippen LogP contribution in [0.1, 0.15) is 31.7 Å². The fourth-order valence-corrected chi connectivity index (χ4v) is 3.91. The molecule has 0 saturated carbocycles. The van der Waals surface area contributed by atoms with Crippen LogP contribution in [-0.4, -0.2) is 30.7 Å². The van der Waals surface area contributed by atoms with Gasteiger partial charge in [-0.2, -0.15) is 13.2 Å². The minimum atomic E-state index is -4.31. The Bertz CT molecular complexity index is 668. The Morgan fingerprint density at radius 1 is 1.39 bits per heavy atom. The topological polar surface area (TPSA) is 28.2 Å². The van der Waals surface area contributed by atoms with Crippen LogP contribution in [0.3, 0.4) is 0 Å². The first-order valence-corrected chi connectivity index (χ1v) is 8.75. The van der Waals surface area contributed by atoms with E-state index in [1.807, 2.05) is 0 Å². The predicted molar refractivity (Wildman–Crippen MR) is 88.2 cm³/mol. The monoisotopic (exact) mass is 343 g/mol. The largest absolute Gasteiger partial charge is 0.416 e. The van der Waals surface area contributed by atoms with Crippen LogP contribution in [0.2, 0.25) is 0 Å². The number of halogens is 3. The summed E-state index contributed by atoms with van der Waals surface area (Å²) in [6, 6.07) is 4.21. The molecule has 126 valence electrons. The fourth-order valence-electron chi connectivity index (χ4n) is 2.87. The fraction of sp³-hybridized carbons (Fsp3) is 0.562. The first kappa shape index (κ1) is 16.5. The van der Waals surface area contributed by atoms with E-state index in [1.165, 1.54) is 36.3 Å². The van der Waals surface area contributed by atoms with E-state index in [2.05, 4.69) is 22.1 Å². The maximum atomic E-state index is 12.8. The molecule has 0 spiro atoms. The standard InChI is InChI=1S/C16H20F3N3S/c1-2-3-4-12-10-22(8-7-20-12)15-21-13-6-5-11(16(17,18)19)9-14(13)23-15/h5-6,9,12,20H,2-4,7-8,10H2,1H3/t12-/m1/s1. The molecule has 3 nitrogen and oxygen atoms in total. The molecule has 0 unspecified atom stereocenters. The lowest BCUT2D eigenvalue weighted by Gasteiger charge is -2.33. The summed E-state index contributed by atoms with van der Waals surface area (Å²) in [6.45, 7) is 4.77. The van der Waals surface area contributed by atoms with Crippen molar-refractivity contribution in [3.05, 3.63) is 23.8 Å². The number of nitrogens with zero attached hydrogens (tertiary/aromatic N) is 2. The van der Waals surface area contributed by atoms with Crippen LogP contribution in [0.15, 0.2) is 18.2 Å². The Morgan fingerprint density at radius 2 is 2.22 bits per heavy atom. The number of thiazole rings is 1. The number of anilines is 1. The quantitative estimate of drug-likeness (QED) is 0.898. The third kappa shape index (κ3) is 3.77. The minimum Gasteiger partial charge on any atom is -0.345 e. The molecule has 1 fully saturated rings. The number of hydrogen-bond donors (Lipinski definition) is 1. The molecule has 23 heavy (non-hydrogen) atoms. The average molecular weight is 343 g/mol. The van der Waals surface area contributed by atoms with Crippen molar-refractivity contribution in [2.45, 2.75) is 38.4 Å². The third-order valence-electron chi connectivity index (χ3n) is 4.14. The van der Waals surface area contributed by atoms with E-state index in [1.54, 1.807) is 0 Å². The van der Waals surface area contributed by atoms with Crippen molar-refractivity contribution in [3.63, 3.8) is 0 Å². The molecule has 1 aromatic heterocycles. The number of hydrogen-bond acceptors (Lipinski definition) is 4. The number of alkyl halides is 3. The van der Waals surface area contributed by atoms with Gasteiger partial charge in [-0.1, -0.05) is 31.1 Å². The highest BCUT2D eigenvalue weighted by atomic mass is 32.1. The molecule has 7 heteroatoms. The first-order chi connectivity index (χ1) is 11.0. The molecule has 1 saturated heterocycles. The van der Waals surface area contributed by atoms with Gasteiger partial charge in [-0.05, 0) is 24.6 Å². The lowest BCUT2D eigenvalue weighted by Crippen LogP contribution is -2.50. The van der Waals surface area contributed by atoms with Gasteiger partial charge in [0.15, 0.2) is 5.13 Å². The second kappa shape index (κ2) is 6.65. The molecule has 1 N–H and O–H groups in total. The molecule has 2 heterocycles. The summed E-state index contributed by atoms with van der Waals surface area (Å²) in [4.78, 5) is 6.71. The SMILES string of the molecule is CCCC[C@@H]1CN(c2nc3ccc(C(F)(F)F)cc3s2)CCN1. The van der Waals surface area contributed by atoms with Gasteiger partial charge < -0.3 is 10.2 Å². The van der Waals surface area contributed by atoms with Gasteiger partial charge in [0.05, 0.1) is 15.8 Å². The summed E-state index contributed by atoms with van der Waals surface area (Å²) in [6.07, 6.45) is -0.839. The average Bonchev–Trinajstić information content (AvgIpc) is 2.95. The molecule has 1 atom stereocenters. The first-order valence-electron chi connectivity index (χ1n) is 7.93. The van der Waals surface area contributed by atoms with Crippen molar-refractivity contribution in [1.29, 1.82) is 0 Å². The Labute approximate surface area is 137 Å². The van der Waals surface area contributed by atoms with Gasteiger partial charge in [0.2, 0.25) is 0 Å². The summed E-state index contributed by atoms with van der Waals surface area (Å²) < 4.78 is 39.0. The van der Waals surface area contributed by atoms with Gasteiger partial charge in [-0.25, -0.2) is 4.98 Å². The zero-order valence-electron chi connectivity index (χ0n) is 13.0. The van der Waals surface area contributed by atoms with Gasteiger partial charge in [0.25, 0.3) is 0 Å². The van der Waals surface area contributed by atoms with Crippen molar-refractivity contribution in [2.75, 3.05) is 24.5 Å². The zero-order valence-corrected chi connectivity index (χ0v) is 13.8. The Balaban J connectivity index is 1.80. The molecule has 1 aromatic carbocycles. The molecule has 1 aliphatic rings. The molecule has 2 aromatic rings. The summed E-state index contributed by atoms with van der Waals surface area (Å²) in [5, 5.41) is 4.32. The molecular formula is C16H20F3N3S. The number of benzene rings is 1.